The van der Waals surface area contributed by atoms with Crippen LogP contribution in [0.3, 0.4) is 0 Å². The molecule has 0 aliphatic rings. The molecule has 0 heterocycles. The third-order valence-electron chi connectivity index (χ3n) is 2.61. The lowest BCUT2D eigenvalue weighted by Crippen LogP contribution is -2.15. The van der Waals surface area contributed by atoms with Crippen LogP contribution in [-0.4, -0.2) is 0 Å². The summed E-state index contributed by atoms with van der Waals surface area (Å²) in [6.07, 6.45) is 0. The Balaban J connectivity index is 2.51. The Bertz CT molecular complexity index is 567. The van der Waals surface area contributed by atoms with E-state index in [1.807, 2.05) is 0 Å². The van der Waals surface area contributed by atoms with Gasteiger partial charge in [-0.2, -0.15) is 0 Å². The number of hydrogen-bond donors (Lipinski definition) is 1. The first-order valence-corrected chi connectivity index (χ1v) is 5.90. The molecule has 0 saturated heterocycles. The zero-order valence-corrected chi connectivity index (χ0v) is 10.6. The van der Waals surface area contributed by atoms with Crippen molar-refractivity contribution in [2.75, 3.05) is 0 Å². The zero-order valence-electron chi connectivity index (χ0n) is 9.13. The third kappa shape index (κ3) is 2.48. The molecule has 1 atom stereocenters. The number of halogens is 4. The normalized spacial score (nSPS) is 12.5. The van der Waals surface area contributed by atoms with Crippen LogP contribution in [0.25, 0.3) is 0 Å². The molecule has 2 aromatic rings. The van der Waals surface area contributed by atoms with Gasteiger partial charge in [0.05, 0.1) is 6.04 Å². The van der Waals surface area contributed by atoms with E-state index >= 15 is 0 Å². The first-order valence-electron chi connectivity index (χ1n) is 5.15. The molecule has 2 aromatic carbocycles. The second kappa shape index (κ2) is 5.22. The Labute approximate surface area is 113 Å². The molecule has 0 saturated carbocycles. The smallest absolute Gasteiger partial charge is 0.131 e. The van der Waals surface area contributed by atoms with Gasteiger partial charge in [-0.05, 0) is 18.2 Å². The molecule has 2 rings (SSSR count). The summed E-state index contributed by atoms with van der Waals surface area (Å²) in [5.41, 5.74) is 6.50. The second-order valence-corrected chi connectivity index (χ2v) is 4.59. The second-order valence-electron chi connectivity index (χ2n) is 3.78. The number of hydrogen-bond acceptors (Lipinski definition) is 1. The highest BCUT2D eigenvalue weighted by Crippen LogP contribution is 2.33. The molecule has 0 radical (unpaired) electrons. The molecule has 5 heteroatoms. The summed E-state index contributed by atoms with van der Waals surface area (Å²) in [6, 6.07) is 7.26. The van der Waals surface area contributed by atoms with Crippen molar-refractivity contribution < 1.29 is 8.78 Å². The highest BCUT2D eigenvalue weighted by molar-refractivity contribution is 6.36. The predicted molar refractivity (Wildman–Crippen MR) is 68.9 cm³/mol. The molecule has 0 aliphatic carbocycles. The van der Waals surface area contributed by atoms with Gasteiger partial charge in [-0.3, -0.25) is 0 Å². The van der Waals surface area contributed by atoms with Crippen LogP contribution >= 0.6 is 23.2 Å². The highest BCUT2D eigenvalue weighted by atomic mass is 35.5. The van der Waals surface area contributed by atoms with Crippen LogP contribution < -0.4 is 5.73 Å². The lowest BCUT2D eigenvalue weighted by atomic mass is 9.99. The summed E-state index contributed by atoms with van der Waals surface area (Å²) in [5, 5.41) is 0.692. The maximum atomic E-state index is 13.6. The van der Waals surface area contributed by atoms with Gasteiger partial charge in [0.2, 0.25) is 0 Å². The van der Waals surface area contributed by atoms with Gasteiger partial charge in [-0.15, -0.1) is 0 Å². The minimum Gasteiger partial charge on any atom is -0.320 e. The minimum absolute atomic E-state index is 0.145. The van der Waals surface area contributed by atoms with Gasteiger partial charge < -0.3 is 5.73 Å². The Morgan fingerprint density at radius 2 is 1.61 bits per heavy atom. The monoisotopic (exact) mass is 287 g/mol. The van der Waals surface area contributed by atoms with Gasteiger partial charge in [-0.1, -0.05) is 35.3 Å². The van der Waals surface area contributed by atoms with Gasteiger partial charge in [0.25, 0.3) is 0 Å². The average Bonchev–Trinajstić information content (AvgIpc) is 2.28. The minimum atomic E-state index is -0.841. The van der Waals surface area contributed by atoms with Gasteiger partial charge in [0, 0.05) is 27.2 Å². The van der Waals surface area contributed by atoms with Crippen molar-refractivity contribution in [2.45, 2.75) is 6.04 Å². The van der Waals surface area contributed by atoms with Crippen LogP contribution in [0.15, 0.2) is 36.4 Å². The van der Waals surface area contributed by atoms with E-state index in [1.165, 1.54) is 6.07 Å². The van der Waals surface area contributed by atoms with Gasteiger partial charge in [-0.25, -0.2) is 8.78 Å². The first-order chi connectivity index (χ1) is 8.50. The van der Waals surface area contributed by atoms with Crippen LogP contribution in [0, 0.1) is 11.6 Å². The van der Waals surface area contributed by atoms with Gasteiger partial charge >= 0.3 is 0 Å². The fourth-order valence-corrected chi connectivity index (χ4v) is 2.35. The SMILES string of the molecule is NC(c1ccc(F)cc1F)c1c(Cl)cccc1Cl. The van der Waals surface area contributed by atoms with E-state index < -0.39 is 17.7 Å². The first kappa shape index (κ1) is 13.3. The van der Waals surface area contributed by atoms with Crippen molar-refractivity contribution in [1.29, 1.82) is 0 Å². The summed E-state index contributed by atoms with van der Waals surface area (Å²) in [7, 11) is 0. The molecule has 0 aromatic heterocycles. The van der Waals surface area contributed by atoms with Gasteiger partial charge in [0.1, 0.15) is 11.6 Å². The summed E-state index contributed by atoms with van der Waals surface area (Å²) in [4.78, 5) is 0. The molecule has 18 heavy (non-hydrogen) atoms. The van der Waals surface area contributed by atoms with E-state index in [2.05, 4.69) is 0 Å². The van der Waals surface area contributed by atoms with Crippen LogP contribution in [0.1, 0.15) is 17.2 Å². The quantitative estimate of drug-likeness (QED) is 0.875. The van der Waals surface area contributed by atoms with Crippen LogP contribution in [0.2, 0.25) is 10.0 Å². The lowest BCUT2D eigenvalue weighted by molar-refractivity contribution is 0.566. The molecule has 2 N–H and O–H groups in total. The maximum Gasteiger partial charge on any atom is 0.131 e. The molecule has 1 unspecified atom stereocenters. The van der Waals surface area contributed by atoms with Crippen molar-refractivity contribution in [2.24, 2.45) is 5.73 Å². The molecule has 0 spiro atoms. The molecular weight excluding hydrogens is 279 g/mol. The van der Waals surface area contributed by atoms with E-state index in [0.717, 1.165) is 12.1 Å². The maximum absolute atomic E-state index is 13.6. The van der Waals surface area contributed by atoms with E-state index in [4.69, 9.17) is 28.9 Å². The van der Waals surface area contributed by atoms with E-state index in [1.54, 1.807) is 18.2 Å². The average molecular weight is 288 g/mol. The fourth-order valence-electron chi connectivity index (χ4n) is 1.72. The Morgan fingerprint density at radius 1 is 1.00 bits per heavy atom. The standard InChI is InChI=1S/C13H9Cl2F2N/c14-9-2-1-3-10(15)12(9)13(18)8-5-4-7(16)6-11(8)17/h1-6,13H,18H2. The largest absolute Gasteiger partial charge is 0.320 e. The molecule has 0 bridgehead atoms. The molecule has 0 amide bonds. The van der Waals surface area contributed by atoms with E-state index in [0.29, 0.717) is 15.6 Å². The van der Waals surface area contributed by atoms with E-state index in [9.17, 15) is 8.78 Å². The Kier molecular flexibility index (Phi) is 3.85. The Hall–Kier alpha value is -1.16. The highest BCUT2D eigenvalue weighted by Gasteiger charge is 2.19. The summed E-state index contributed by atoms with van der Waals surface area (Å²) in [5.74, 6) is -1.38. The van der Waals surface area contributed by atoms with Crippen molar-refractivity contribution in [3.63, 3.8) is 0 Å². The fraction of sp³-hybridized carbons (Fsp3) is 0.0769. The van der Waals surface area contributed by atoms with Crippen molar-refractivity contribution in [3.8, 4) is 0 Å². The molecule has 94 valence electrons. The van der Waals surface area contributed by atoms with Crippen molar-refractivity contribution >= 4 is 23.2 Å². The number of benzene rings is 2. The molecular formula is C13H9Cl2F2N. The van der Waals surface area contributed by atoms with Crippen LogP contribution in [0.4, 0.5) is 8.78 Å². The summed E-state index contributed by atoms with van der Waals surface area (Å²) < 4.78 is 26.5. The summed E-state index contributed by atoms with van der Waals surface area (Å²) >= 11 is 12.0. The molecule has 0 fully saturated rings. The number of rotatable bonds is 2. The topological polar surface area (TPSA) is 26.0 Å². The predicted octanol–water partition coefficient (Wildman–Crippen LogP) is 4.32. The lowest BCUT2D eigenvalue weighted by Gasteiger charge is -2.16. The summed E-state index contributed by atoms with van der Waals surface area (Å²) in [6.45, 7) is 0. The van der Waals surface area contributed by atoms with E-state index in [-0.39, 0.29) is 5.56 Å². The van der Waals surface area contributed by atoms with Crippen LogP contribution in [0.5, 0.6) is 0 Å². The number of nitrogens with two attached hydrogens (primary N) is 1. The third-order valence-corrected chi connectivity index (χ3v) is 3.27. The van der Waals surface area contributed by atoms with Crippen molar-refractivity contribution in [3.05, 3.63) is 69.2 Å². The Morgan fingerprint density at radius 3 is 2.17 bits per heavy atom. The van der Waals surface area contributed by atoms with Gasteiger partial charge in [0.15, 0.2) is 0 Å². The zero-order chi connectivity index (χ0) is 13.3. The molecule has 1 nitrogen and oxygen atoms in total. The molecule has 0 aliphatic heterocycles. The van der Waals surface area contributed by atoms with Crippen molar-refractivity contribution in [1.82, 2.24) is 0 Å². The van der Waals surface area contributed by atoms with Crippen LogP contribution in [-0.2, 0) is 0 Å².